The molecule has 0 heterocycles. The first-order valence-electron chi connectivity index (χ1n) is 30.4. The van der Waals surface area contributed by atoms with E-state index in [-0.39, 0.29) is 61.0 Å². The molecule has 83 heavy (non-hydrogen) atoms. The van der Waals surface area contributed by atoms with Crippen LogP contribution in [0.15, 0.2) is 48.5 Å². The molecule has 6 atom stereocenters. The van der Waals surface area contributed by atoms with Crippen LogP contribution in [0.4, 0.5) is 0 Å². The number of likely N-dealkylation sites (N-methyl/N-ethyl adjacent to an activating group) is 2. The maximum absolute atomic E-state index is 12.0. The van der Waals surface area contributed by atoms with Crippen molar-refractivity contribution in [1.82, 2.24) is 9.80 Å². The number of benzene rings is 2. The van der Waals surface area contributed by atoms with Crippen LogP contribution in [0.1, 0.15) is 207 Å². The van der Waals surface area contributed by atoms with Crippen molar-refractivity contribution in [2.45, 2.75) is 237 Å². The van der Waals surface area contributed by atoms with Crippen LogP contribution in [0.2, 0.25) is 0 Å². The van der Waals surface area contributed by atoms with E-state index in [1.54, 1.807) is 27.8 Å². The molecule has 0 aliphatic heterocycles. The van der Waals surface area contributed by atoms with Crippen molar-refractivity contribution < 1.29 is 57.3 Å². The number of aldehydes is 5. The SMILES string of the molecule is CC.CC.CC.CC.CC.CC(C)C[C@@H](C=O)N(C)C.CC(C)C[C@@H](C=O)N(C)C(=O)COC(=O)[C@@H](C)CC(C)C.CC(C)C[C@H](C)C=O.COCC=O.CO[C@H](C)C(C)=O.CO[C@H](C)C=O.Cc1ccc(C)cc1.Cc1ccc(C)cc1. The Morgan fingerprint density at radius 2 is 0.795 bits per heavy atom. The van der Waals surface area contributed by atoms with E-state index in [0.29, 0.717) is 36.4 Å². The summed E-state index contributed by atoms with van der Waals surface area (Å²) in [6.07, 6.45) is 7.07. The molecule has 492 valence electrons. The Hall–Kier alpha value is -4.76. The normalized spacial score (nSPS) is 11.3. The molecule has 0 unspecified atom stereocenters. The highest BCUT2D eigenvalue weighted by Crippen LogP contribution is 2.14. The lowest BCUT2D eigenvalue weighted by molar-refractivity contribution is -0.156. The number of carbonyl (C=O) groups is 8. The number of Topliss-reactive ketones (excluding diaryl/α,β-unsaturated/α-hetero) is 1. The minimum Gasteiger partial charge on any atom is -0.455 e. The topological polar surface area (TPSA) is 180 Å². The van der Waals surface area contributed by atoms with Crippen LogP contribution in [-0.2, 0) is 57.3 Å². The lowest BCUT2D eigenvalue weighted by Crippen LogP contribution is -2.41. The Morgan fingerprint density at radius 3 is 0.952 bits per heavy atom. The number of hydrogen-bond donors (Lipinski definition) is 0. The van der Waals surface area contributed by atoms with E-state index < -0.39 is 6.04 Å². The monoisotopic (exact) mass is 1180 g/mol. The Morgan fingerprint density at radius 1 is 0.470 bits per heavy atom. The van der Waals surface area contributed by atoms with Crippen molar-refractivity contribution in [3.63, 3.8) is 0 Å². The minimum absolute atomic E-state index is 0.0718. The summed E-state index contributed by atoms with van der Waals surface area (Å²) in [5.74, 6) is 1.33. The number of nitrogens with zero attached hydrogens (tertiary/aromatic N) is 2. The highest BCUT2D eigenvalue weighted by Gasteiger charge is 2.23. The number of amides is 1. The van der Waals surface area contributed by atoms with Crippen molar-refractivity contribution in [2.24, 2.45) is 35.5 Å². The van der Waals surface area contributed by atoms with Gasteiger partial charge in [-0.15, -0.1) is 0 Å². The molecule has 0 radical (unpaired) electrons. The minimum atomic E-state index is -0.468. The molecule has 0 N–H and O–H groups in total. The molecule has 1 amide bonds. The van der Waals surface area contributed by atoms with Gasteiger partial charge in [-0.25, -0.2) is 0 Å². The number of hydrogen-bond acceptors (Lipinski definition) is 13. The van der Waals surface area contributed by atoms with Gasteiger partial charge < -0.3 is 47.8 Å². The number of methoxy groups -OCH3 is 3. The molecule has 0 spiro atoms. The highest BCUT2D eigenvalue weighted by atomic mass is 16.5. The van der Waals surface area contributed by atoms with Crippen molar-refractivity contribution in [2.75, 3.05) is 55.7 Å². The molecule has 2 aromatic carbocycles. The summed E-state index contributed by atoms with van der Waals surface area (Å²) < 4.78 is 18.6. The first-order valence-corrected chi connectivity index (χ1v) is 30.4. The van der Waals surface area contributed by atoms with Gasteiger partial charge in [0.25, 0.3) is 5.91 Å². The van der Waals surface area contributed by atoms with E-state index >= 15 is 0 Å². The van der Waals surface area contributed by atoms with E-state index in [4.69, 9.17) is 4.74 Å². The Labute approximate surface area is 513 Å². The summed E-state index contributed by atoms with van der Waals surface area (Å²) >= 11 is 0. The standard InChI is InChI=1S/C16H29NO4.C8H17NO.2C8H10.C7H14O.C5H10O2.C4H8O2.C3H6O2.5C2H6/c1-11(2)7-13(5)16(20)21-10-15(19)17(6)14(9-18)8-12(3)4;1-7(2)5-8(6-10)9(3)4;2*1-7-3-5-8(2)6-4-7;1-6(2)4-7(3)5-8;1-4(6)5(2)7-3;1-4(3-5)6-2;1-5-3-2-4;5*1-2/h9,11-14H,7-8,10H2,1-6H3;6-8H,5H2,1-4H3;2*3-6H,1-2H3;5-7H,4H2,1-3H3;5H,1-3H3;3-4H,1-2H3;2H,3H2,1H3;5*1-2H3/t13-,14-;8-;;;7-;5-;4-;;;;;;/m00..011....../s1. The van der Waals surface area contributed by atoms with Crippen molar-refractivity contribution in [3.8, 4) is 0 Å². The number of esters is 1. The molecule has 2 rings (SSSR count). The summed E-state index contributed by atoms with van der Waals surface area (Å²) in [4.78, 5) is 87.7. The fourth-order valence-corrected chi connectivity index (χ4v) is 5.39. The average molecular weight is 1180 g/mol. The fraction of sp³-hybridized carbons (Fsp3) is 0.710. The number of rotatable bonds is 22. The van der Waals surface area contributed by atoms with Crippen molar-refractivity contribution in [1.29, 1.82) is 0 Å². The molecular formula is C69H134N2O12. The molecule has 0 aliphatic rings. The number of carbonyl (C=O) groups excluding carboxylic acids is 8. The summed E-state index contributed by atoms with van der Waals surface area (Å²) in [6.45, 7) is 53.5. The molecule has 0 aliphatic carbocycles. The van der Waals surface area contributed by atoms with Gasteiger partial charge in [-0.2, -0.15) is 0 Å². The van der Waals surface area contributed by atoms with Crippen LogP contribution in [0.5, 0.6) is 0 Å². The maximum atomic E-state index is 12.0. The zero-order valence-electron chi connectivity index (χ0n) is 59.8. The summed E-state index contributed by atoms with van der Waals surface area (Å²) in [5, 5.41) is 0. The average Bonchev–Trinajstić information content (AvgIpc) is 3.47. The van der Waals surface area contributed by atoms with E-state index in [0.717, 1.165) is 44.4 Å². The second-order valence-corrected chi connectivity index (χ2v) is 20.0. The van der Waals surface area contributed by atoms with Crippen LogP contribution in [-0.4, -0.2) is 139 Å². The number of ketones is 1. The third kappa shape index (κ3) is 88.6. The molecule has 0 fully saturated rings. The molecule has 0 bridgehead atoms. The smallest absolute Gasteiger partial charge is 0.309 e. The molecule has 0 aromatic heterocycles. The van der Waals surface area contributed by atoms with Gasteiger partial charge in [0, 0.05) is 34.3 Å². The van der Waals surface area contributed by atoms with Gasteiger partial charge in [-0.05, 0) is 112 Å². The highest BCUT2D eigenvalue weighted by molar-refractivity contribution is 5.83. The fourth-order valence-electron chi connectivity index (χ4n) is 5.39. The van der Waals surface area contributed by atoms with Crippen LogP contribution >= 0.6 is 0 Å². The molecular weight excluding hydrogens is 1050 g/mol. The van der Waals surface area contributed by atoms with Crippen molar-refractivity contribution in [3.05, 3.63) is 70.8 Å². The number of aryl methyl sites for hydroxylation is 4. The number of ether oxygens (including phenoxy) is 4. The third-order valence-corrected chi connectivity index (χ3v) is 10.1. The molecule has 0 saturated carbocycles. The van der Waals surface area contributed by atoms with Gasteiger partial charge >= 0.3 is 5.97 Å². The lowest BCUT2D eigenvalue weighted by atomic mass is 9.99. The van der Waals surface area contributed by atoms with Crippen LogP contribution in [0, 0.1) is 63.2 Å². The predicted octanol–water partition coefficient (Wildman–Crippen LogP) is 15.7. The van der Waals surface area contributed by atoms with Crippen LogP contribution in [0.25, 0.3) is 0 Å². The Bertz CT molecular complexity index is 1580. The van der Waals surface area contributed by atoms with Crippen molar-refractivity contribution >= 4 is 49.1 Å². The maximum Gasteiger partial charge on any atom is 0.309 e. The summed E-state index contributed by atoms with van der Waals surface area (Å²) in [6, 6.07) is 16.6. The Kier molecular flexibility index (Phi) is 98.6. The van der Waals surface area contributed by atoms with E-state index in [1.165, 1.54) is 55.4 Å². The largest absolute Gasteiger partial charge is 0.455 e. The quantitative estimate of drug-likeness (QED) is 0.0803. The van der Waals surface area contributed by atoms with Crippen LogP contribution in [0.3, 0.4) is 0 Å². The predicted molar refractivity (Wildman–Crippen MR) is 356 cm³/mol. The summed E-state index contributed by atoms with van der Waals surface area (Å²) in [5.41, 5.74) is 5.32. The van der Waals surface area contributed by atoms with E-state index in [2.05, 4.69) is 118 Å². The molecule has 0 saturated heterocycles. The molecule has 2 aromatic rings. The second kappa shape index (κ2) is 79.3. The second-order valence-electron chi connectivity index (χ2n) is 20.0. The zero-order valence-corrected chi connectivity index (χ0v) is 59.8. The molecule has 14 nitrogen and oxygen atoms in total. The van der Waals surface area contributed by atoms with Crippen LogP contribution < -0.4 is 0 Å². The zero-order chi connectivity index (χ0) is 68.2. The van der Waals surface area contributed by atoms with E-state index in [9.17, 15) is 38.4 Å². The van der Waals surface area contributed by atoms with Gasteiger partial charge in [0.15, 0.2) is 12.4 Å². The Balaban J connectivity index is -0.0000000808. The van der Waals surface area contributed by atoms with Gasteiger partial charge in [0.05, 0.1) is 18.0 Å². The van der Waals surface area contributed by atoms with Gasteiger partial charge in [-0.1, -0.05) is 209 Å². The summed E-state index contributed by atoms with van der Waals surface area (Å²) in [7, 11) is 9.93. The molecule has 14 heteroatoms. The van der Waals surface area contributed by atoms with E-state index in [1.807, 2.05) is 123 Å². The van der Waals surface area contributed by atoms with Gasteiger partial charge in [0.1, 0.15) is 50.2 Å². The van der Waals surface area contributed by atoms with Gasteiger partial charge in [0.2, 0.25) is 0 Å². The van der Waals surface area contributed by atoms with Gasteiger partial charge in [-0.3, -0.25) is 19.3 Å². The first-order chi connectivity index (χ1) is 38.9. The third-order valence-electron chi connectivity index (χ3n) is 10.1. The first kappa shape index (κ1) is 103. The lowest BCUT2D eigenvalue weighted by Gasteiger charge is -2.25.